The zero-order valence-electron chi connectivity index (χ0n) is 20.7. The van der Waals surface area contributed by atoms with Crippen molar-refractivity contribution in [3.8, 4) is 11.4 Å². The van der Waals surface area contributed by atoms with Crippen LogP contribution in [0.5, 0.6) is 5.75 Å². The molecule has 5 rings (SSSR count). The van der Waals surface area contributed by atoms with Gasteiger partial charge in [0.2, 0.25) is 0 Å². The number of aromatic nitrogens is 1. The molecule has 1 aliphatic heterocycles. The van der Waals surface area contributed by atoms with Gasteiger partial charge in [0, 0.05) is 52.1 Å². The minimum Gasteiger partial charge on any atom is -0.489 e. The predicted molar refractivity (Wildman–Crippen MR) is 150 cm³/mol. The van der Waals surface area contributed by atoms with Gasteiger partial charge in [0.25, 0.3) is 0 Å². The molecule has 1 aliphatic rings. The molecule has 0 N–H and O–H groups in total. The predicted octanol–water partition coefficient (Wildman–Crippen LogP) is 7.02. The summed E-state index contributed by atoms with van der Waals surface area (Å²) in [5.41, 5.74) is 7.85. The van der Waals surface area contributed by atoms with Crippen molar-refractivity contribution in [2.75, 3.05) is 31.2 Å². The lowest BCUT2D eigenvalue weighted by molar-refractivity contribution is 0.122. The zero-order valence-corrected chi connectivity index (χ0v) is 22.2. The van der Waals surface area contributed by atoms with Crippen LogP contribution in [0, 0.1) is 13.8 Å². The van der Waals surface area contributed by atoms with Gasteiger partial charge in [-0.05, 0) is 86.1 Å². The monoisotopic (exact) mass is 543 g/mol. The number of nitrogens with zero attached hydrogens (tertiary/aromatic N) is 3. The molecule has 1 saturated heterocycles. The average molecular weight is 544 g/mol. The van der Waals surface area contributed by atoms with E-state index in [0.29, 0.717) is 6.61 Å². The molecule has 0 radical (unpaired) electrons. The lowest BCUT2D eigenvalue weighted by Gasteiger charge is -2.28. The lowest BCUT2D eigenvalue weighted by Crippen LogP contribution is -2.36. The van der Waals surface area contributed by atoms with E-state index < -0.39 is 0 Å². The van der Waals surface area contributed by atoms with Crippen LogP contribution in [-0.2, 0) is 11.3 Å². The van der Waals surface area contributed by atoms with E-state index in [1.165, 1.54) is 11.4 Å². The molecule has 36 heavy (non-hydrogen) atoms. The normalized spacial score (nSPS) is 13.9. The van der Waals surface area contributed by atoms with Crippen LogP contribution in [0.25, 0.3) is 5.69 Å². The Morgan fingerprint density at radius 2 is 1.56 bits per heavy atom. The van der Waals surface area contributed by atoms with Gasteiger partial charge in [-0.3, -0.25) is 4.99 Å². The van der Waals surface area contributed by atoms with Gasteiger partial charge in [0.1, 0.15) is 12.4 Å². The maximum Gasteiger partial charge on any atom is 0.119 e. The highest BCUT2D eigenvalue weighted by Crippen LogP contribution is 2.24. The smallest absolute Gasteiger partial charge is 0.119 e. The molecule has 0 saturated carbocycles. The molecule has 0 amide bonds. The van der Waals surface area contributed by atoms with Gasteiger partial charge in [-0.2, -0.15) is 0 Å². The van der Waals surface area contributed by atoms with Crippen LogP contribution in [0.4, 0.5) is 11.4 Å². The summed E-state index contributed by atoms with van der Waals surface area (Å²) in [6.45, 7) is 8.25. The first-order chi connectivity index (χ1) is 17.6. The molecule has 0 aliphatic carbocycles. The Hall–Kier alpha value is -3.35. The van der Waals surface area contributed by atoms with Crippen LogP contribution in [0.2, 0.25) is 0 Å². The fourth-order valence-corrected chi connectivity index (χ4v) is 4.73. The van der Waals surface area contributed by atoms with E-state index in [4.69, 9.17) is 14.5 Å². The highest BCUT2D eigenvalue weighted by atomic mass is 79.9. The summed E-state index contributed by atoms with van der Waals surface area (Å²) in [4.78, 5) is 7.09. The number of rotatable bonds is 7. The molecular formula is C30H30BrN3O2. The molecular weight excluding hydrogens is 514 g/mol. The number of morpholine rings is 1. The Bertz CT molecular complexity index is 1320. The fraction of sp³-hybridized carbons (Fsp3) is 0.233. The van der Waals surface area contributed by atoms with E-state index in [0.717, 1.165) is 64.7 Å². The van der Waals surface area contributed by atoms with E-state index in [-0.39, 0.29) is 0 Å². The van der Waals surface area contributed by atoms with Crippen LogP contribution in [0.3, 0.4) is 0 Å². The van der Waals surface area contributed by atoms with Crippen molar-refractivity contribution >= 4 is 33.5 Å². The fourth-order valence-electron chi connectivity index (χ4n) is 4.47. The Morgan fingerprint density at radius 1 is 0.889 bits per heavy atom. The Labute approximate surface area is 221 Å². The zero-order chi connectivity index (χ0) is 24.9. The molecule has 0 atom stereocenters. The molecule has 0 bridgehead atoms. The molecule has 3 aromatic carbocycles. The molecule has 1 fully saturated rings. The van der Waals surface area contributed by atoms with Crippen LogP contribution >= 0.6 is 15.9 Å². The van der Waals surface area contributed by atoms with Crippen LogP contribution in [-0.4, -0.2) is 37.1 Å². The van der Waals surface area contributed by atoms with Crippen molar-refractivity contribution in [2.24, 2.45) is 4.99 Å². The van der Waals surface area contributed by atoms with Crippen molar-refractivity contribution in [1.29, 1.82) is 0 Å². The second-order valence-electron chi connectivity index (χ2n) is 8.94. The largest absolute Gasteiger partial charge is 0.489 e. The number of aliphatic imine (C=N–C) groups is 1. The van der Waals surface area contributed by atoms with E-state index >= 15 is 0 Å². The first kappa shape index (κ1) is 24.3. The molecule has 4 aromatic rings. The molecule has 0 spiro atoms. The first-order valence-electron chi connectivity index (χ1n) is 12.2. The minimum atomic E-state index is 0.544. The van der Waals surface area contributed by atoms with Gasteiger partial charge in [-0.15, -0.1) is 0 Å². The number of benzene rings is 3. The summed E-state index contributed by atoms with van der Waals surface area (Å²) < 4.78 is 14.7. The number of aryl methyl sites for hydroxylation is 1. The van der Waals surface area contributed by atoms with Gasteiger partial charge in [-0.1, -0.05) is 28.1 Å². The van der Waals surface area contributed by atoms with E-state index in [1.54, 1.807) is 0 Å². The summed E-state index contributed by atoms with van der Waals surface area (Å²) in [6, 6.07) is 27.0. The van der Waals surface area contributed by atoms with Gasteiger partial charge < -0.3 is 18.9 Å². The topological polar surface area (TPSA) is 39.0 Å². The van der Waals surface area contributed by atoms with Gasteiger partial charge in [-0.25, -0.2) is 0 Å². The lowest BCUT2D eigenvalue weighted by atomic mass is 10.2. The van der Waals surface area contributed by atoms with Crippen molar-refractivity contribution < 1.29 is 9.47 Å². The van der Waals surface area contributed by atoms with Gasteiger partial charge in [0.05, 0.1) is 18.9 Å². The molecule has 5 nitrogen and oxygen atoms in total. The van der Waals surface area contributed by atoms with Crippen molar-refractivity contribution in [1.82, 2.24) is 4.57 Å². The second-order valence-corrected chi connectivity index (χ2v) is 9.86. The number of ether oxygens (including phenoxy) is 2. The van der Waals surface area contributed by atoms with E-state index in [1.807, 2.05) is 30.5 Å². The van der Waals surface area contributed by atoms with Gasteiger partial charge >= 0.3 is 0 Å². The van der Waals surface area contributed by atoms with Crippen LogP contribution < -0.4 is 9.64 Å². The molecule has 1 aromatic heterocycles. The van der Waals surface area contributed by atoms with Crippen molar-refractivity contribution in [3.63, 3.8) is 0 Å². The van der Waals surface area contributed by atoms with E-state index in [2.05, 4.69) is 93.8 Å². The SMILES string of the molecule is Cc1cc(C=Nc2ccc(N3CCOCC3)cc2)c(C)n1-c1ccc(OCc2ccc(Br)cc2)cc1. The standard InChI is InChI=1S/C30H30BrN3O2/c1-22-19-25(20-32-27-7-9-28(10-8-27)33-15-17-35-18-16-33)23(2)34(22)29-11-13-30(14-12-29)36-21-24-3-5-26(31)6-4-24/h3-14,19-20H,15-18,21H2,1-2H3. The third-order valence-corrected chi connectivity index (χ3v) is 6.99. The Morgan fingerprint density at radius 3 is 2.25 bits per heavy atom. The van der Waals surface area contributed by atoms with Gasteiger partial charge in [0.15, 0.2) is 0 Å². The second kappa shape index (κ2) is 11.1. The van der Waals surface area contributed by atoms with E-state index in [9.17, 15) is 0 Å². The molecule has 6 heteroatoms. The molecule has 2 heterocycles. The maximum atomic E-state index is 5.97. The van der Waals surface area contributed by atoms with Crippen molar-refractivity contribution in [2.45, 2.75) is 20.5 Å². The highest BCUT2D eigenvalue weighted by molar-refractivity contribution is 9.10. The highest BCUT2D eigenvalue weighted by Gasteiger charge is 2.12. The minimum absolute atomic E-state index is 0.544. The summed E-state index contributed by atoms with van der Waals surface area (Å²) in [5, 5.41) is 0. The Kier molecular flexibility index (Phi) is 7.54. The maximum absolute atomic E-state index is 5.97. The molecule has 184 valence electrons. The average Bonchev–Trinajstić information content (AvgIpc) is 3.21. The third-order valence-electron chi connectivity index (χ3n) is 6.46. The number of hydrogen-bond donors (Lipinski definition) is 0. The van der Waals surface area contributed by atoms with Crippen LogP contribution in [0.15, 0.2) is 88.3 Å². The first-order valence-corrected chi connectivity index (χ1v) is 13.0. The quantitative estimate of drug-likeness (QED) is 0.235. The summed E-state index contributed by atoms with van der Waals surface area (Å²) in [5.74, 6) is 0.853. The van der Waals surface area contributed by atoms with Crippen LogP contribution in [0.1, 0.15) is 22.5 Å². The number of halogens is 1. The number of anilines is 1. The summed E-state index contributed by atoms with van der Waals surface area (Å²) in [7, 11) is 0. The summed E-state index contributed by atoms with van der Waals surface area (Å²) in [6.07, 6.45) is 1.96. The van der Waals surface area contributed by atoms with Crippen molar-refractivity contribution in [3.05, 3.63) is 106 Å². The molecule has 0 unspecified atom stereocenters. The number of hydrogen-bond acceptors (Lipinski definition) is 4. The Balaban J connectivity index is 1.25. The summed E-state index contributed by atoms with van der Waals surface area (Å²) >= 11 is 3.47. The third kappa shape index (κ3) is 5.72.